The fourth-order valence-corrected chi connectivity index (χ4v) is 2.72. The third-order valence-corrected chi connectivity index (χ3v) is 4.17. The molecule has 0 aliphatic rings. The van der Waals surface area contributed by atoms with Crippen molar-refractivity contribution in [3.63, 3.8) is 0 Å². The van der Waals surface area contributed by atoms with Crippen LogP contribution < -0.4 is 16.7 Å². The second-order valence-corrected chi connectivity index (χ2v) is 5.89. The number of fused-ring (bicyclic) bond motifs is 1. The summed E-state index contributed by atoms with van der Waals surface area (Å²) in [5.74, 6) is 0.369. The van der Waals surface area contributed by atoms with Crippen molar-refractivity contribution in [3.05, 3.63) is 69.4 Å². The second-order valence-electron chi connectivity index (χ2n) is 5.89. The van der Waals surface area contributed by atoms with Crippen molar-refractivity contribution in [3.8, 4) is 0 Å². The summed E-state index contributed by atoms with van der Waals surface area (Å²) in [4.78, 5) is 29.1. The van der Waals surface area contributed by atoms with Crippen LogP contribution >= 0.6 is 0 Å². The molecular weight excluding hydrogens is 332 g/mol. The molecular formula is C18H20N6O2. The number of allylic oxidation sites excluding steroid dienone is 1. The zero-order chi connectivity index (χ0) is 18.8. The summed E-state index contributed by atoms with van der Waals surface area (Å²) in [5, 5.41) is 4.36. The second kappa shape index (κ2) is 6.83. The molecule has 1 N–H and O–H groups in total. The van der Waals surface area contributed by atoms with E-state index in [0.717, 1.165) is 15.8 Å². The molecule has 0 bridgehead atoms. The van der Waals surface area contributed by atoms with Crippen LogP contribution in [-0.4, -0.2) is 24.4 Å². The molecule has 0 amide bonds. The first-order valence-corrected chi connectivity index (χ1v) is 8.08. The minimum absolute atomic E-state index is 0.301. The first kappa shape index (κ1) is 17.4. The Morgan fingerprint density at radius 2 is 1.92 bits per heavy atom. The van der Waals surface area contributed by atoms with Crippen molar-refractivity contribution >= 4 is 22.8 Å². The van der Waals surface area contributed by atoms with Gasteiger partial charge in [-0.2, -0.15) is 10.1 Å². The zero-order valence-corrected chi connectivity index (χ0v) is 14.9. The summed E-state index contributed by atoms with van der Waals surface area (Å²) in [6, 6.07) is 9.70. The van der Waals surface area contributed by atoms with Crippen molar-refractivity contribution in [2.24, 2.45) is 19.2 Å². The van der Waals surface area contributed by atoms with Crippen molar-refractivity contribution in [2.75, 3.05) is 5.43 Å². The molecule has 0 saturated carbocycles. The minimum atomic E-state index is -0.429. The predicted octanol–water partition coefficient (Wildman–Crippen LogP) is 1.46. The van der Waals surface area contributed by atoms with E-state index >= 15 is 0 Å². The fraction of sp³-hybridized carbons (Fsp3) is 0.222. The van der Waals surface area contributed by atoms with Gasteiger partial charge >= 0.3 is 5.69 Å². The number of rotatable bonds is 5. The summed E-state index contributed by atoms with van der Waals surface area (Å²) < 4.78 is 4.06. The molecule has 26 heavy (non-hydrogen) atoms. The number of nitrogens with one attached hydrogen (secondary N) is 1. The first-order valence-electron chi connectivity index (χ1n) is 8.08. The van der Waals surface area contributed by atoms with Crippen LogP contribution in [0.1, 0.15) is 12.5 Å². The van der Waals surface area contributed by atoms with Crippen LogP contribution in [0.15, 0.2) is 57.7 Å². The standard InChI is InChI=1S/C18H20N6O2/c1-5-11-24-14-15(22(3)18(26)23(4)16(14)25)19-17(24)21-20-12(2)13-9-7-6-8-10-13/h5-10H,1,11H2,2-4H3,(H,19,21)/b20-12-. The van der Waals surface area contributed by atoms with E-state index in [1.54, 1.807) is 17.7 Å². The lowest BCUT2D eigenvalue weighted by Gasteiger charge is -2.07. The number of benzene rings is 1. The maximum Gasteiger partial charge on any atom is 0.332 e. The Hall–Kier alpha value is -3.42. The van der Waals surface area contributed by atoms with Gasteiger partial charge in [-0.1, -0.05) is 36.4 Å². The van der Waals surface area contributed by atoms with Crippen LogP contribution in [0, 0.1) is 0 Å². The van der Waals surface area contributed by atoms with Gasteiger partial charge in [-0.25, -0.2) is 10.2 Å². The summed E-state index contributed by atoms with van der Waals surface area (Å²) in [7, 11) is 3.03. The molecule has 0 spiro atoms. The van der Waals surface area contributed by atoms with E-state index in [9.17, 15) is 9.59 Å². The third-order valence-electron chi connectivity index (χ3n) is 4.17. The van der Waals surface area contributed by atoms with Crippen molar-refractivity contribution < 1.29 is 0 Å². The highest BCUT2D eigenvalue weighted by Gasteiger charge is 2.18. The number of anilines is 1. The van der Waals surface area contributed by atoms with E-state index < -0.39 is 11.2 Å². The molecule has 0 saturated heterocycles. The predicted molar refractivity (Wildman–Crippen MR) is 103 cm³/mol. The van der Waals surface area contributed by atoms with E-state index in [1.165, 1.54) is 11.6 Å². The Bertz CT molecular complexity index is 1120. The number of hydrazone groups is 1. The van der Waals surface area contributed by atoms with Crippen LogP contribution in [0.5, 0.6) is 0 Å². The molecule has 134 valence electrons. The Morgan fingerprint density at radius 1 is 1.23 bits per heavy atom. The number of nitrogens with zero attached hydrogens (tertiary/aromatic N) is 5. The molecule has 0 aliphatic heterocycles. The number of imidazole rings is 1. The van der Waals surface area contributed by atoms with E-state index in [1.807, 2.05) is 37.3 Å². The largest absolute Gasteiger partial charge is 0.332 e. The van der Waals surface area contributed by atoms with Crippen molar-refractivity contribution in [1.82, 2.24) is 18.7 Å². The van der Waals surface area contributed by atoms with Crippen molar-refractivity contribution in [1.29, 1.82) is 0 Å². The molecule has 2 aromatic heterocycles. The smallest absolute Gasteiger partial charge is 0.299 e. The van der Waals surface area contributed by atoms with E-state index in [0.29, 0.717) is 23.7 Å². The van der Waals surface area contributed by atoms with Gasteiger partial charge in [-0.05, 0) is 12.5 Å². The highest BCUT2D eigenvalue weighted by molar-refractivity contribution is 5.99. The SMILES string of the molecule is C=CCn1c(N/N=C(/C)c2ccccc2)nc2c1c(=O)n(C)c(=O)n2C. The van der Waals surface area contributed by atoms with Gasteiger partial charge < -0.3 is 0 Å². The molecule has 3 aromatic rings. The van der Waals surface area contributed by atoms with Gasteiger partial charge in [-0.15, -0.1) is 6.58 Å². The van der Waals surface area contributed by atoms with Gasteiger partial charge in [-0.3, -0.25) is 18.5 Å². The maximum absolute atomic E-state index is 12.6. The van der Waals surface area contributed by atoms with E-state index in [-0.39, 0.29) is 0 Å². The summed E-state index contributed by atoms with van der Waals surface area (Å²) in [6.07, 6.45) is 1.66. The molecule has 0 radical (unpaired) electrons. The molecule has 0 atom stereocenters. The van der Waals surface area contributed by atoms with Gasteiger partial charge in [0.05, 0.1) is 5.71 Å². The molecule has 8 heteroatoms. The highest BCUT2D eigenvalue weighted by atomic mass is 16.2. The van der Waals surface area contributed by atoms with Crippen LogP contribution in [0.4, 0.5) is 5.95 Å². The van der Waals surface area contributed by atoms with E-state index in [4.69, 9.17) is 0 Å². The van der Waals surface area contributed by atoms with Gasteiger partial charge in [0.1, 0.15) is 0 Å². The lowest BCUT2D eigenvalue weighted by Crippen LogP contribution is -2.37. The normalized spacial score (nSPS) is 11.7. The average molecular weight is 352 g/mol. The fourth-order valence-electron chi connectivity index (χ4n) is 2.72. The Kier molecular flexibility index (Phi) is 4.57. The highest BCUT2D eigenvalue weighted by Crippen LogP contribution is 2.16. The maximum atomic E-state index is 12.6. The number of aromatic nitrogens is 4. The van der Waals surface area contributed by atoms with Gasteiger partial charge in [0.15, 0.2) is 11.2 Å². The monoisotopic (exact) mass is 352 g/mol. The summed E-state index contributed by atoms with van der Waals surface area (Å²) in [6.45, 7) is 5.95. The van der Waals surface area contributed by atoms with Gasteiger partial charge in [0.25, 0.3) is 5.56 Å². The van der Waals surface area contributed by atoms with Crippen molar-refractivity contribution in [2.45, 2.75) is 13.5 Å². The molecule has 0 aliphatic carbocycles. The molecule has 3 rings (SSSR count). The first-order chi connectivity index (χ1) is 12.5. The third kappa shape index (κ3) is 2.85. The Morgan fingerprint density at radius 3 is 2.58 bits per heavy atom. The van der Waals surface area contributed by atoms with Gasteiger partial charge in [0, 0.05) is 20.6 Å². The number of hydrogen-bond acceptors (Lipinski definition) is 5. The minimum Gasteiger partial charge on any atom is -0.299 e. The Balaban J connectivity index is 2.14. The quantitative estimate of drug-likeness (QED) is 0.428. The topological polar surface area (TPSA) is 86.2 Å². The van der Waals surface area contributed by atoms with Gasteiger partial charge in [0.2, 0.25) is 5.95 Å². The van der Waals surface area contributed by atoms with Crippen LogP contribution in [0.3, 0.4) is 0 Å². The molecule has 1 aromatic carbocycles. The molecule has 0 fully saturated rings. The van der Waals surface area contributed by atoms with E-state index in [2.05, 4.69) is 22.1 Å². The number of hydrogen-bond donors (Lipinski definition) is 1. The summed E-state index contributed by atoms with van der Waals surface area (Å²) in [5.41, 5.74) is 4.43. The van der Waals surface area contributed by atoms with Crippen LogP contribution in [0.25, 0.3) is 11.2 Å². The number of aryl methyl sites for hydroxylation is 1. The zero-order valence-electron chi connectivity index (χ0n) is 14.9. The lowest BCUT2D eigenvalue weighted by molar-refractivity contribution is 0.703. The average Bonchev–Trinajstić information content (AvgIpc) is 3.02. The van der Waals surface area contributed by atoms with Crippen LogP contribution in [-0.2, 0) is 20.6 Å². The Labute approximate surface area is 149 Å². The van der Waals surface area contributed by atoms with Crippen LogP contribution in [0.2, 0.25) is 0 Å². The molecule has 0 unspecified atom stereocenters. The molecule has 2 heterocycles. The summed E-state index contributed by atoms with van der Waals surface area (Å²) >= 11 is 0. The lowest BCUT2D eigenvalue weighted by atomic mass is 10.1. The molecule has 8 nitrogen and oxygen atoms in total.